The third-order valence-corrected chi connectivity index (χ3v) is 1.63. The molecule has 0 aliphatic rings. The third-order valence-electron chi connectivity index (χ3n) is 1.13. The van der Waals surface area contributed by atoms with Crippen LogP contribution in [-0.2, 0) is 4.79 Å². The first-order valence-electron chi connectivity index (χ1n) is 3.26. The van der Waals surface area contributed by atoms with Crippen molar-refractivity contribution in [1.82, 2.24) is 0 Å². The van der Waals surface area contributed by atoms with Crippen LogP contribution in [0, 0.1) is 0 Å². The first kappa shape index (κ1) is 13.3. The second kappa shape index (κ2) is 9.67. The van der Waals surface area contributed by atoms with Crippen molar-refractivity contribution >= 4 is 60.5 Å². The molecule has 0 rings (SSSR count). The summed E-state index contributed by atoms with van der Waals surface area (Å²) in [5.74, 6) is 0. The van der Waals surface area contributed by atoms with Gasteiger partial charge in [0.25, 0.3) is 0 Å². The fraction of sp³-hybridized carbons (Fsp3) is 0.833. The topological polar surface area (TPSA) is 17.1 Å². The molecule has 0 bridgehead atoms. The number of hydrogen-bond donors (Lipinski definition) is 0. The Morgan fingerprint density at radius 3 is 2.33 bits per heavy atom. The zero-order valence-corrected chi connectivity index (χ0v) is 7.74. The Morgan fingerprint density at radius 1 is 1.44 bits per heavy atom. The summed E-state index contributed by atoms with van der Waals surface area (Å²) >= 11 is 0.747. The van der Waals surface area contributed by atoms with Gasteiger partial charge in [-0.2, -0.15) is 0 Å². The van der Waals surface area contributed by atoms with Crippen molar-refractivity contribution in [1.29, 1.82) is 0 Å². The Hall–Kier alpha value is 1.67. The number of rotatable bonds is 4. The molecule has 0 aliphatic carbocycles. The van der Waals surface area contributed by atoms with Crippen LogP contribution in [0.2, 0.25) is 0 Å². The maximum atomic E-state index is 10.4. The molecule has 0 saturated heterocycles. The van der Waals surface area contributed by atoms with E-state index in [9.17, 15) is 4.79 Å². The van der Waals surface area contributed by atoms with E-state index in [4.69, 9.17) is 0 Å². The number of carbonyl (C=O) groups excluding carboxylic acids is 1. The number of unbranched alkanes of at least 4 members (excludes halogenated alkanes) is 2. The van der Waals surface area contributed by atoms with E-state index in [0.29, 0.717) is 3.03 Å². The molecule has 0 atom stereocenters. The predicted octanol–water partition coefficient (Wildman–Crippen LogP) is 0.613. The molecule has 0 aliphatic heterocycles. The summed E-state index contributed by atoms with van der Waals surface area (Å²) in [6.45, 7) is 2.15. The second-order valence-corrected chi connectivity index (χ2v) is 3.27. The van der Waals surface area contributed by atoms with Gasteiger partial charge >= 0.3 is 97.9 Å². The molecule has 0 aromatic heterocycles. The van der Waals surface area contributed by atoms with Gasteiger partial charge in [-0.05, 0) is 0 Å². The average Bonchev–Trinajstić information content (AvgIpc) is 1.66. The van der Waals surface area contributed by atoms with Crippen LogP contribution < -0.4 is 0 Å². The molecule has 0 unspecified atom stereocenters. The zero-order valence-electron chi connectivity index (χ0n) is 5.74. The van der Waals surface area contributed by atoms with Crippen LogP contribution in [0.25, 0.3) is 0 Å². The molecule has 0 saturated carbocycles. The molecule has 0 radical (unpaired) electrons. The minimum atomic E-state index is 0. The van der Waals surface area contributed by atoms with Gasteiger partial charge in [0, 0.05) is 0 Å². The standard InChI is InChI=1S/C6H11O.2Na.H/c1-2-3-4-5-6-7;;;/h2-5H2,1H3;;;. The Labute approximate surface area is 96.7 Å². The Balaban J connectivity index is 0. The number of hydrogen-bond acceptors (Lipinski definition) is 1. The summed E-state index contributed by atoms with van der Waals surface area (Å²) < 4.78 is 0.457. The van der Waals surface area contributed by atoms with Crippen LogP contribution in [0.4, 0.5) is 0 Å². The summed E-state index contributed by atoms with van der Waals surface area (Å²) in [4.78, 5) is 10.4. The van der Waals surface area contributed by atoms with Crippen LogP contribution in [0.1, 0.15) is 32.6 Å². The SMILES string of the molecule is CCCCC[C](=O)[Na].[NaH]. The van der Waals surface area contributed by atoms with Gasteiger partial charge in [0.05, 0.1) is 0 Å². The first-order chi connectivity index (χ1) is 3.77. The fourth-order valence-corrected chi connectivity index (χ4v) is 0.977. The molecular weight excluding hydrogens is 134 g/mol. The van der Waals surface area contributed by atoms with E-state index in [1.807, 2.05) is 0 Å². The van der Waals surface area contributed by atoms with E-state index < -0.39 is 0 Å². The molecule has 0 fully saturated rings. The molecule has 1 nitrogen and oxygen atoms in total. The molecule has 0 heterocycles. The molecule has 0 aromatic rings. The normalized spacial score (nSPS) is 8.33. The van der Waals surface area contributed by atoms with Crippen molar-refractivity contribution in [2.24, 2.45) is 0 Å². The number of carbonyl (C=O) groups is 1. The van der Waals surface area contributed by atoms with Gasteiger partial charge in [0.15, 0.2) is 0 Å². The van der Waals surface area contributed by atoms with Crippen LogP contribution in [-0.4, -0.2) is 60.5 Å². The van der Waals surface area contributed by atoms with E-state index >= 15 is 0 Å². The minimum absolute atomic E-state index is 0. The van der Waals surface area contributed by atoms with Gasteiger partial charge in [-0.1, -0.05) is 0 Å². The molecular formula is C6H12Na2O. The molecule has 9 heavy (non-hydrogen) atoms. The van der Waals surface area contributed by atoms with E-state index in [2.05, 4.69) is 6.92 Å². The van der Waals surface area contributed by atoms with E-state index in [1.54, 1.807) is 0 Å². The van der Waals surface area contributed by atoms with Crippen molar-refractivity contribution in [3.63, 3.8) is 0 Å². The van der Waals surface area contributed by atoms with Gasteiger partial charge in [0.2, 0.25) is 0 Å². The van der Waals surface area contributed by atoms with E-state index in [1.165, 1.54) is 12.8 Å². The average molecular weight is 146 g/mol. The van der Waals surface area contributed by atoms with Gasteiger partial charge in [0.1, 0.15) is 0 Å². The predicted molar refractivity (Wildman–Crippen MR) is 42.1 cm³/mol. The molecule has 3 heteroatoms. The van der Waals surface area contributed by atoms with Crippen molar-refractivity contribution in [2.45, 2.75) is 32.6 Å². The van der Waals surface area contributed by atoms with Crippen LogP contribution in [0.3, 0.4) is 0 Å². The Morgan fingerprint density at radius 2 is 2.00 bits per heavy atom. The van der Waals surface area contributed by atoms with Gasteiger partial charge in [-0.15, -0.1) is 0 Å². The fourth-order valence-electron chi connectivity index (χ4n) is 0.624. The van der Waals surface area contributed by atoms with Crippen molar-refractivity contribution < 1.29 is 4.79 Å². The van der Waals surface area contributed by atoms with E-state index in [0.717, 1.165) is 40.8 Å². The molecule has 44 valence electrons. The van der Waals surface area contributed by atoms with Crippen molar-refractivity contribution in [2.75, 3.05) is 0 Å². The Bertz CT molecular complexity index is 73.5. The summed E-state index contributed by atoms with van der Waals surface area (Å²) in [6.07, 6.45) is 4.38. The Kier molecular flexibility index (Phi) is 14.3. The summed E-state index contributed by atoms with van der Waals surface area (Å²) in [6, 6.07) is 0. The van der Waals surface area contributed by atoms with E-state index in [-0.39, 0.29) is 29.6 Å². The maximum absolute atomic E-state index is 10.4. The molecule has 0 aromatic carbocycles. The molecule has 0 N–H and O–H groups in total. The first-order valence-corrected chi connectivity index (χ1v) is 4.26. The zero-order chi connectivity index (χ0) is 6.41. The van der Waals surface area contributed by atoms with Gasteiger partial charge < -0.3 is 0 Å². The van der Waals surface area contributed by atoms with Gasteiger partial charge in [-0.3, -0.25) is 0 Å². The molecule has 0 amide bonds. The summed E-state index contributed by atoms with van der Waals surface area (Å²) in [5.41, 5.74) is 0. The third kappa shape index (κ3) is 12.8. The summed E-state index contributed by atoms with van der Waals surface area (Å²) in [5, 5.41) is 0. The monoisotopic (exact) mass is 146 g/mol. The van der Waals surface area contributed by atoms with Gasteiger partial charge in [-0.25, -0.2) is 0 Å². The van der Waals surface area contributed by atoms with Crippen LogP contribution in [0.15, 0.2) is 0 Å². The van der Waals surface area contributed by atoms with Crippen molar-refractivity contribution in [3.8, 4) is 0 Å². The second-order valence-electron chi connectivity index (χ2n) is 2.16. The summed E-state index contributed by atoms with van der Waals surface area (Å²) in [7, 11) is 0. The molecule has 0 spiro atoms. The van der Waals surface area contributed by atoms with Crippen LogP contribution >= 0.6 is 0 Å². The van der Waals surface area contributed by atoms with Crippen LogP contribution in [0.5, 0.6) is 0 Å². The van der Waals surface area contributed by atoms with Crippen molar-refractivity contribution in [3.05, 3.63) is 0 Å². The quantitative estimate of drug-likeness (QED) is 0.419.